The number of nitrogens with one attached hydrogen (secondary N) is 1. The number of pyridine rings is 2. The number of methoxy groups -OCH3 is 1. The van der Waals surface area contributed by atoms with Crippen LogP contribution in [0.2, 0.25) is 5.02 Å². The van der Waals surface area contributed by atoms with Crippen molar-refractivity contribution >= 4 is 39.9 Å². The Hall–Kier alpha value is -3.97. The largest absolute Gasteiger partial charge is 0.497 e. The minimum absolute atomic E-state index is 0.0365. The number of hydrogen-bond donors (Lipinski definition) is 1. The van der Waals surface area contributed by atoms with Crippen LogP contribution in [0.3, 0.4) is 0 Å². The zero-order valence-corrected chi connectivity index (χ0v) is 18.7. The first kappa shape index (κ1) is 22.2. The Balaban J connectivity index is 1.79. The lowest BCUT2D eigenvalue weighted by atomic mass is 10.0. The van der Waals surface area contributed by atoms with Crippen LogP contribution in [-0.2, 0) is 11.3 Å². The number of ether oxygens (including phenoxy) is 1. The van der Waals surface area contributed by atoms with Crippen molar-refractivity contribution in [2.45, 2.75) is 13.5 Å². The summed E-state index contributed by atoms with van der Waals surface area (Å²) in [6.07, 6.45) is 4.38. The number of aromatic nitrogens is 2. The summed E-state index contributed by atoms with van der Waals surface area (Å²) in [7, 11) is 1.51. The fraction of sp³-hybridized carbons (Fsp3) is 0.120. The molecule has 2 aromatic heterocycles. The van der Waals surface area contributed by atoms with Gasteiger partial charge in [0.1, 0.15) is 12.3 Å². The topological polar surface area (TPSA) is 90.3 Å². The third-order valence-corrected chi connectivity index (χ3v) is 5.50. The van der Waals surface area contributed by atoms with E-state index in [4.69, 9.17) is 16.3 Å². The van der Waals surface area contributed by atoms with E-state index in [1.807, 2.05) is 13.0 Å². The van der Waals surface area contributed by atoms with Gasteiger partial charge < -0.3 is 14.6 Å². The summed E-state index contributed by atoms with van der Waals surface area (Å²) in [5.74, 6) is -0.259. The fourth-order valence-corrected chi connectivity index (χ4v) is 3.69. The molecule has 0 unspecified atom stereocenters. The molecular weight excluding hydrogens is 442 g/mol. The van der Waals surface area contributed by atoms with Gasteiger partial charge in [0.2, 0.25) is 11.3 Å². The molecule has 0 aliphatic heterocycles. The molecule has 4 rings (SSSR count). The highest BCUT2D eigenvalue weighted by Crippen LogP contribution is 2.22. The summed E-state index contributed by atoms with van der Waals surface area (Å²) in [4.78, 5) is 43.0. The van der Waals surface area contributed by atoms with Crippen molar-refractivity contribution < 1.29 is 14.3 Å². The number of hydrogen-bond acceptors (Lipinski definition) is 5. The number of amides is 1. The molecule has 0 aliphatic rings. The zero-order chi connectivity index (χ0) is 23.5. The average molecular weight is 462 g/mol. The second-order valence-corrected chi connectivity index (χ2v) is 7.89. The summed E-state index contributed by atoms with van der Waals surface area (Å²) < 4.78 is 6.86. The van der Waals surface area contributed by atoms with Crippen LogP contribution in [0.5, 0.6) is 5.75 Å². The third-order valence-electron chi connectivity index (χ3n) is 5.26. The predicted octanol–water partition coefficient (Wildman–Crippen LogP) is 4.24. The van der Waals surface area contributed by atoms with E-state index in [1.54, 1.807) is 47.0 Å². The number of anilines is 1. The first-order valence-corrected chi connectivity index (χ1v) is 10.5. The van der Waals surface area contributed by atoms with Crippen LogP contribution in [0.1, 0.15) is 21.5 Å². The molecule has 0 saturated heterocycles. The van der Waals surface area contributed by atoms with E-state index in [-0.39, 0.29) is 18.0 Å². The molecular formula is C25H20ClN3O4. The van der Waals surface area contributed by atoms with Gasteiger partial charge in [0.25, 0.3) is 0 Å². The molecule has 2 heterocycles. The minimum Gasteiger partial charge on any atom is -0.497 e. The highest BCUT2D eigenvalue weighted by atomic mass is 35.5. The van der Waals surface area contributed by atoms with Crippen LogP contribution in [0, 0.1) is 6.92 Å². The van der Waals surface area contributed by atoms with Crippen molar-refractivity contribution in [2.75, 3.05) is 12.4 Å². The number of rotatable bonds is 6. The highest BCUT2D eigenvalue weighted by molar-refractivity contribution is 6.31. The molecule has 0 atom stereocenters. The standard InChI is InChI=1S/C25H20ClN3O4/c1-15-3-4-17(26)11-21(15)28-23(30)14-29-13-20(24(31)16-7-9-27-10-8-16)25(32)19-6-5-18(33-2)12-22(19)29/h3-13H,14H2,1-2H3,(H,28,30). The van der Waals surface area contributed by atoms with Crippen LogP contribution in [0.4, 0.5) is 5.69 Å². The molecule has 166 valence electrons. The highest BCUT2D eigenvalue weighted by Gasteiger charge is 2.19. The molecule has 33 heavy (non-hydrogen) atoms. The minimum atomic E-state index is -0.444. The number of carbonyl (C=O) groups excluding carboxylic acids is 2. The molecule has 0 radical (unpaired) electrons. The van der Waals surface area contributed by atoms with Crippen molar-refractivity contribution in [3.05, 3.63) is 99.1 Å². The number of halogens is 1. The molecule has 0 aliphatic carbocycles. The van der Waals surface area contributed by atoms with Gasteiger partial charge in [-0.1, -0.05) is 17.7 Å². The molecule has 2 aromatic carbocycles. The van der Waals surface area contributed by atoms with Crippen LogP contribution in [0.15, 0.2) is 71.9 Å². The lowest BCUT2D eigenvalue weighted by molar-refractivity contribution is -0.116. The summed E-state index contributed by atoms with van der Waals surface area (Å²) in [5, 5.41) is 3.65. The smallest absolute Gasteiger partial charge is 0.244 e. The Morgan fingerprint density at radius 2 is 1.85 bits per heavy atom. The maximum absolute atomic E-state index is 13.1. The van der Waals surface area contributed by atoms with Crippen LogP contribution in [-0.4, -0.2) is 28.4 Å². The number of ketones is 1. The van der Waals surface area contributed by atoms with Gasteiger partial charge in [-0.2, -0.15) is 0 Å². The molecule has 0 spiro atoms. The Labute approximate surface area is 194 Å². The van der Waals surface area contributed by atoms with Crippen molar-refractivity contribution in [1.29, 1.82) is 0 Å². The SMILES string of the molecule is COc1ccc2c(=O)c(C(=O)c3ccncc3)cn(CC(=O)Nc3cc(Cl)ccc3C)c2c1. The Morgan fingerprint density at radius 1 is 1.09 bits per heavy atom. The molecule has 1 N–H and O–H groups in total. The maximum Gasteiger partial charge on any atom is 0.244 e. The number of nitrogens with zero attached hydrogens (tertiary/aromatic N) is 2. The lowest BCUT2D eigenvalue weighted by Gasteiger charge is -2.15. The van der Waals surface area contributed by atoms with Crippen LogP contribution < -0.4 is 15.5 Å². The van der Waals surface area contributed by atoms with Crippen molar-refractivity contribution in [2.24, 2.45) is 0 Å². The second-order valence-electron chi connectivity index (χ2n) is 7.46. The van der Waals surface area contributed by atoms with Crippen LogP contribution >= 0.6 is 11.6 Å². The van der Waals surface area contributed by atoms with Crippen molar-refractivity contribution in [1.82, 2.24) is 9.55 Å². The van der Waals surface area contributed by atoms with Gasteiger partial charge >= 0.3 is 0 Å². The zero-order valence-electron chi connectivity index (χ0n) is 18.0. The van der Waals surface area contributed by atoms with Crippen molar-refractivity contribution in [3.8, 4) is 5.75 Å². The van der Waals surface area contributed by atoms with E-state index in [9.17, 15) is 14.4 Å². The van der Waals surface area contributed by atoms with Crippen LogP contribution in [0.25, 0.3) is 10.9 Å². The lowest BCUT2D eigenvalue weighted by Crippen LogP contribution is -2.24. The second kappa shape index (κ2) is 9.26. The molecule has 1 amide bonds. The van der Waals surface area contributed by atoms with Gasteiger partial charge in [0, 0.05) is 46.3 Å². The van der Waals surface area contributed by atoms with Gasteiger partial charge in [-0.05, 0) is 48.9 Å². The third kappa shape index (κ3) is 4.63. The Kier molecular flexibility index (Phi) is 6.24. The molecule has 7 nitrogen and oxygen atoms in total. The summed E-state index contributed by atoms with van der Waals surface area (Å²) in [6.45, 7) is 1.73. The van der Waals surface area contributed by atoms with Gasteiger partial charge in [-0.3, -0.25) is 19.4 Å². The van der Waals surface area contributed by atoms with Gasteiger partial charge in [0.05, 0.1) is 18.2 Å². The molecule has 4 aromatic rings. The Bertz CT molecular complexity index is 1430. The molecule has 0 saturated carbocycles. The number of carbonyl (C=O) groups is 2. The molecule has 8 heteroatoms. The number of aryl methyl sites for hydroxylation is 1. The molecule has 0 fully saturated rings. The average Bonchev–Trinajstić information content (AvgIpc) is 2.83. The number of fused-ring (bicyclic) bond motifs is 1. The fourth-order valence-electron chi connectivity index (χ4n) is 3.52. The quantitative estimate of drug-likeness (QED) is 0.434. The van der Waals surface area contributed by atoms with Crippen molar-refractivity contribution in [3.63, 3.8) is 0 Å². The van der Waals surface area contributed by atoms with E-state index in [0.29, 0.717) is 32.9 Å². The maximum atomic E-state index is 13.1. The van der Waals surface area contributed by atoms with Gasteiger partial charge in [-0.25, -0.2) is 0 Å². The van der Waals surface area contributed by atoms with Gasteiger partial charge in [-0.15, -0.1) is 0 Å². The Morgan fingerprint density at radius 3 is 2.58 bits per heavy atom. The predicted molar refractivity (Wildman–Crippen MR) is 127 cm³/mol. The first-order chi connectivity index (χ1) is 15.9. The van der Waals surface area contributed by atoms with E-state index >= 15 is 0 Å². The van der Waals surface area contributed by atoms with E-state index in [1.165, 1.54) is 25.7 Å². The van der Waals surface area contributed by atoms with E-state index in [2.05, 4.69) is 10.3 Å². The monoisotopic (exact) mass is 461 g/mol. The normalized spacial score (nSPS) is 10.8. The number of benzene rings is 2. The van der Waals surface area contributed by atoms with E-state index < -0.39 is 11.2 Å². The van der Waals surface area contributed by atoms with E-state index in [0.717, 1.165) is 5.56 Å². The summed E-state index contributed by atoms with van der Waals surface area (Å²) >= 11 is 6.06. The first-order valence-electron chi connectivity index (χ1n) is 10.1. The summed E-state index contributed by atoms with van der Waals surface area (Å²) in [5.41, 5.74) is 1.79. The summed E-state index contributed by atoms with van der Waals surface area (Å²) in [6, 6.07) is 13.2. The van der Waals surface area contributed by atoms with Gasteiger partial charge in [0.15, 0.2) is 5.78 Å². The molecule has 0 bridgehead atoms.